The molecule has 114 valence electrons. The number of hydrogen-bond donors (Lipinski definition) is 1. The molecule has 0 aliphatic carbocycles. The molecule has 21 heavy (non-hydrogen) atoms. The number of nitrogens with two attached hydrogens (primary N) is 1. The zero-order chi connectivity index (χ0) is 15.0. The molecular weight excluding hydrogens is 286 g/mol. The Labute approximate surface area is 128 Å². The fourth-order valence-corrected chi connectivity index (χ4v) is 3.97. The predicted molar refractivity (Wildman–Crippen MR) is 82.2 cm³/mol. The quantitative estimate of drug-likeness (QED) is 0.908. The van der Waals surface area contributed by atoms with Crippen LogP contribution in [0.25, 0.3) is 0 Å². The molecule has 6 heteroatoms. The lowest BCUT2D eigenvalue weighted by atomic mass is 9.93. The van der Waals surface area contributed by atoms with Crippen molar-refractivity contribution in [3.05, 3.63) is 21.9 Å². The van der Waals surface area contributed by atoms with Crippen LogP contribution in [0.2, 0.25) is 0 Å². The van der Waals surface area contributed by atoms with Gasteiger partial charge in [-0.05, 0) is 49.9 Å². The van der Waals surface area contributed by atoms with E-state index in [0.717, 1.165) is 49.5 Å². The summed E-state index contributed by atoms with van der Waals surface area (Å²) in [6.45, 7) is 5.44. The third-order valence-corrected chi connectivity index (χ3v) is 5.58. The number of aryl methyl sites for hydroxylation is 1. The lowest BCUT2D eigenvalue weighted by Crippen LogP contribution is -2.62. The minimum absolute atomic E-state index is 0.0353. The Morgan fingerprint density at radius 3 is 2.48 bits per heavy atom. The average Bonchev–Trinajstić information content (AvgIpc) is 2.84. The van der Waals surface area contributed by atoms with Gasteiger partial charge < -0.3 is 10.6 Å². The zero-order valence-electron chi connectivity index (χ0n) is 12.2. The van der Waals surface area contributed by atoms with Gasteiger partial charge in [0, 0.05) is 25.0 Å². The highest BCUT2D eigenvalue weighted by molar-refractivity contribution is 7.12. The number of carbonyl (C=O) groups excluding carboxylic acids is 2. The van der Waals surface area contributed by atoms with Gasteiger partial charge in [-0.25, -0.2) is 0 Å². The molecule has 2 aliphatic rings. The van der Waals surface area contributed by atoms with Crippen LogP contribution in [0.15, 0.2) is 11.4 Å². The minimum atomic E-state index is -0.173. The maximum absolute atomic E-state index is 12.3. The van der Waals surface area contributed by atoms with Crippen LogP contribution in [0.5, 0.6) is 0 Å². The van der Waals surface area contributed by atoms with E-state index in [-0.39, 0.29) is 17.7 Å². The zero-order valence-corrected chi connectivity index (χ0v) is 13.1. The summed E-state index contributed by atoms with van der Waals surface area (Å²) in [7, 11) is 0. The third-order valence-electron chi connectivity index (χ3n) is 4.54. The van der Waals surface area contributed by atoms with Gasteiger partial charge >= 0.3 is 0 Å². The largest absolute Gasteiger partial charge is 0.369 e. The number of carbonyl (C=O) groups is 2. The van der Waals surface area contributed by atoms with E-state index in [9.17, 15) is 9.59 Å². The molecule has 3 rings (SSSR count). The summed E-state index contributed by atoms with van der Waals surface area (Å²) in [6, 6.07) is 2.41. The van der Waals surface area contributed by atoms with E-state index in [4.69, 9.17) is 5.73 Å². The molecular formula is C15H21N3O2S. The van der Waals surface area contributed by atoms with Gasteiger partial charge in [0.05, 0.1) is 4.88 Å². The summed E-state index contributed by atoms with van der Waals surface area (Å²) in [6.07, 6.45) is 1.70. The molecule has 0 aromatic carbocycles. The number of likely N-dealkylation sites (tertiary alicyclic amines) is 2. The number of rotatable bonds is 3. The van der Waals surface area contributed by atoms with Crippen molar-refractivity contribution in [2.75, 3.05) is 26.2 Å². The van der Waals surface area contributed by atoms with Crippen molar-refractivity contribution in [2.45, 2.75) is 25.8 Å². The van der Waals surface area contributed by atoms with Crippen LogP contribution in [0.4, 0.5) is 0 Å². The number of hydrogen-bond acceptors (Lipinski definition) is 4. The first-order chi connectivity index (χ1) is 10.0. The van der Waals surface area contributed by atoms with Crippen LogP contribution in [0.3, 0.4) is 0 Å². The van der Waals surface area contributed by atoms with Crippen LogP contribution in [0, 0.1) is 12.8 Å². The van der Waals surface area contributed by atoms with Gasteiger partial charge in [-0.1, -0.05) is 0 Å². The van der Waals surface area contributed by atoms with Crippen molar-refractivity contribution in [1.29, 1.82) is 0 Å². The van der Waals surface area contributed by atoms with Gasteiger partial charge in [-0.3, -0.25) is 14.5 Å². The molecule has 2 fully saturated rings. The molecule has 5 nitrogen and oxygen atoms in total. The lowest BCUT2D eigenvalue weighted by molar-refractivity contribution is -0.123. The van der Waals surface area contributed by atoms with E-state index in [0.29, 0.717) is 6.04 Å². The van der Waals surface area contributed by atoms with Crippen molar-refractivity contribution in [3.63, 3.8) is 0 Å². The van der Waals surface area contributed by atoms with Crippen LogP contribution in [-0.4, -0.2) is 53.8 Å². The number of nitrogens with zero attached hydrogens (tertiary/aromatic N) is 2. The van der Waals surface area contributed by atoms with Crippen LogP contribution < -0.4 is 5.73 Å². The average molecular weight is 307 g/mol. The summed E-state index contributed by atoms with van der Waals surface area (Å²) in [5, 5.41) is 2.01. The monoisotopic (exact) mass is 307 g/mol. The lowest BCUT2D eigenvalue weighted by Gasteiger charge is -2.47. The molecule has 2 saturated heterocycles. The van der Waals surface area contributed by atoms with Crippen molar-refractivity contribution >= 4 is 23.2 Å². The summed E-state index contributed by atoms with van der Waals surface area (Å²) >= 11 is 1.52. The number of amides is 2. The Morgan fingerprint density at radius 2 is 1.95 bits per heavy atom. The summed E-state index contributed by atoms with van der Waals surface area (Å²) in [5.41, 5.74) is 6.50. The molecule has 0 unspecified atom stereocenters. The smallest absolute Gasteiger partial charge is 0.264 e. The molecule has 0 saturated carbocycles. The van der Waals surface area contributed by atoms with Gasteiger partial charge in [0.2, 0.25) is 5.91 Å². The third kappa shape index (κ3) is 2.96. The summed E-state index contributed by atoms with van der Waals surface area (Å²) in [5.74, 6) is 0.0117. The van der Waals surface area contributed by atoms with Gasteiger partial charge in [-0.15, -0.1) is 11.3 Å². The van der Waals surface area contributed by atoms with Crippen molar-refractivity contribution in [2.24, 2.45) is 11.7 Å². The summed E-state index contributed by atoms with van der Waals surface area (Å²) in [4.78, 5) is 28.6. The second-order valence-corrected chi connectivity index (χ2v) is 6.98. The number of thiophene rings is 1. The van der Waals surface area contributed by atoms with Gasteiger partial charge in [0.15, 0.2) is 0 Å². The Kier molecular flexibility index (Phi) is 3.99. The first-order valence-corrected chi connectivity index (χ1v) is 8.30. The Balaban J connectivity index is 1.48. The highest BCUT2D eigenvalue weighted by Gasteiger charge is 2.37. The molecule has 2 N–H and O–H groups in total. The molecule has 2 aliphatic heterocycles. The fraction of sp³-hybridized carbons (Fsp3) is 0.600. The second-order valence-electron chi connectivity index (χ2n) is 6.06. The molecule has 0 radical (unpaired) electrons. The standard InChI is InChI=1S/C15H21N3O2S/c1-10-6-13(21-9-10)15(20)18-7-12(8-18)17-4-2-11(3-5-17)14(16)19/h6,9,11-12H,2-5,7-8H2,1H3,(H2,16,19). The van der Waals surface area contributed by atoms with Crippen LogP contribution in [0.1, 0.15) is 28.1 Å². The van der Waals surface area contributed by atoms with E-state index in [1.165, 1.54) is 11.3 Å². The van der Waals surface area contributed by atoms with E-state index in [2.05, 4.69) is 4.90 Å². The van der Waals surface area contributed by atoms with E-state index in [1.807, 2.05) is 23.3 Å². The molecule has 0 bridgehead atoms. The second kappa shape index (κ2) is 5.77. The maximum Gasteiger partial charge on any atom is 0.264 e. The molecule has 1 aromatic rings. The van der Waals surface area contributed by atoms with Crippen LogP contribution >= 0.6 is 11.3 Å². The van der Waals surface area contributed by atoms with Crippen molar-refractivity contribution in [3.8, 4) is 0 Å². The van der Waals surface area contributed by atoms with Crippen LogP contribution in [-0.2, 0) is 4.79 Å². The molecule has 2 amide bonds. The SMILES string of the molecule is Cc1csc(C(=O)N2CC(N3CCC(C(N)=O)CC3)C2)c1. The Bertz CT molecular complexity index is 543. The minimum Gasteiger partial charge on any atom is -0.369 e. The Hall–Kier alpha value is -1.40. The number of primary amides is 1. The fourth-order valence-electron chi connectivity index (χ4n) is 3.10. The van der Waals surface area contributed by atoms with E-state index in [1.54, 1.807) is 0 Å². The maximum atomic E-state index is 12.3. The van der Waals surface area contributed by atoms with Gasteiger partial charge in [0.1, 0.15) is 0 Å². The van der Waals surface area contributed by atoms with Crippen molar-refractivity contribution < 1.29 is 9.59 Å². The summed E-state index contributed by atoms with van der Waals surface area (Å²) < 4.78 is 0. The highest BCUT2D eigenvalue weighted by atomic mass is 32.1. The van der Waals surface area contributed by atoms with E-state index >= 15 is 0 Å². The first kappa shape index (κ1) is 14.5. The van der Waals surface area contributed by atoms with Gasteiger partial charge in [0.25, 0.3) is 5.91 Å². The van der Waals surface area contributed by atoms with Crippen molar-refractivity contribution in [1.82, 2.24) is 9.80 Å². The molecule has 0 spiro atoms. The van der Waals surface area contributed by atoms with E-state index < -0.39 is 0 Å². The molecule has 0 atom stereocenters. The Morgan fingerprint density at radius 1 is 1.29 bits per heavy atom. The van der Waals surface area contributed by atoms with Gasteiger partial charge in [-0.2, -0.15) is 0 Å². The predicted octanol–water partition coefficient (Wildman–Crippen LogP) is 1.08. The highest BCUT2D eigenvalue weighted by Crippen LogP contribution is 2.25. The first-order valence-electron chi connectivity index (χ1n) is 7.42. The molecule has 3 heterocycles. The number of piperidine rings is 1. The topological polar surface area (TPSA) is 66.6 Å². The normalized spacial score (nSPS) is 21.3. The molecule has 1 aromatic heterocycles.